The van der Waals surface area contributed by atoms with Crippen LogP contribution in [0.2, 0.25) is 0 Å². The summed E-state index contributed by atoms with van der Waals surface area (Å²) in [4.78, 5) is 22.4. The number of carbonyl (C=O) groups excluding carboxylic acids is 1. The molecule has 1 fully saturated rings. The van der Waals surface area contributed by atoms with Gasteiger partial charge in [-0.1, -0.05) is 15.9 Å². The zero-order chi connectivity index (χ0) is 9.14. The van der Waals surface area contributed by atoms with Crippen molar-refractivity contribution < 1.29 is 9.72 Å². The van der Waals surface area contributed by atoms with Gasteiger partial charge in [0.1, 0.15) is 0 Å². The smallest absolute Gasteiger partial charge is 0.247 e. The van der Waals surface area contributed by atoms with Crippen molar-refractivity contribution in [2.45, 2.75) is 12.5 Å². The maximum atomic E-state index is 11.1. The highest BCUT2D eigenvalue weighted by Crippen LogP contribution is 2.12. The summed E-state index contributed by atoms with van der Waals surface area (Å²) in [6.45, 7) is 0.553. The molecular weight excluding hydrogens is 228 g/mol. The molecule has 0 aromatic heterocycles. The van der Waals surface area contributed by atoms with Gasteiger partial charge in [-0.3, -0.25) is 14.9 Å². The fraction of sp³-hybridized carbons (Fsp3) is 0.833. The van der Waals surface area contributed by atoms with E-state index in [4.69, 9.17) is 0 Å². The maximum absolute atomic E-state index is 11.1. The molecule has 0 saturated carbocycles. The van der Waals surface area contributed by atoms with Crippen LogP contribution in [0.1, 0.15) is 6.42 Å². The molecule has 12 heavy (non-hydrogen) atoms. The van der Waals surface area contributed by atoms with Gasteiger partial charge in [0.15, 0.2) is 0 Å². The van der Waals surface area contributed by atoms with Gasteiger partial charge in [0.2, 0.25) is 11.9 Å². The molecule has 0 unspecified atom stereocenters. The first-order valence-electron chi connectivity index (χ1n) is 3.62. The first-order valence-corrected chi connectivity index (χ1v) is 4.74. The van der Waals surface area contributed by atoms with E-state index in [2.05, 4.69) is 15.9 Å². The first-order chi connectivity index (χ1) is 5.65. The molecule has 0 aromatic carbocycles. The Morgan fingerprint density at radius 2 is 2.25 bits per heavy atom. The third-order valence-electron chi connectivity index (χ3n) is 1.82. The second-order valence-corrected chi connectivity index (χ2v) is 3.47. The average molecular weight is 237 g/mol. The van der Waals surface area contributed by atoms with Crippen LogP contribution in [-0.2, 0) is 4.79 Å². The van der Waals surface area contributed by atoms with Crippen molar-refractivity contribution in [2.24, 2.45) is 0 Å². The molecule has 0 atom stereocenters. The van der Waals surface area contributed by atoms with Crippen LogP contribution in [0.4, 0.5) is 0 Å². The predicted molar refractivity (Wildman–Crippen MR) is 45.8 cm³/mol. The minimum absolute atomic E-state index is 0.00928. The van der Waals surface area contributed by atoms with E-state index in [0.717, 1.165) is 0 Å². The van der Waals surface area contributed by atoms with Gasteiger partial charge in [-0.15, -0.1) is 0 Å². The van der Waals surface area contributed by atoms with Crippen LogP contribution in [0.15, 0.2) is 0 Å². The molecular formula is C6H9BrN2O3. The molecule has 1 amide bonds. The van der Waals surface area contributed by atoms with Crippen molar-refractivity contribution in [1.29, 1.82) is 0 Å². The Bertz CT molecular complexity index is 203. The zero-order valence-electron chi connectivity index (χ0n) is 6.40. The fourth-order valence-corrected chi connectivity index (χ4v) is 1.37. The van der Waals surface area contributed by atoms with Crippen molar-refractivity contribution in [3.63, 3.8) is 0 Å². The molecule has 0 bridgehead atoms. The summed E-state index contributed by atoms with van der Waals surface area (Å²) in [6.07, 6.45) is 0.421. The van der Waals surface area contributed by atoms with E-state index in [1.165, 1.54) is 4.90 Å². The number of amides is 1. The average Bonchev–Trinajstić information content (AvgIpc) is 1.82. The van der Waals surface area contributed by atoms with E-state index >= 15 is 0 Å². The van der Waals surface area contributed by atoms with Gasteiger partial charge in [-0.05, 0) is 0 Å². The van der Waals surface area contributed by atoms with Crippen LogP contribution in [-0.4, -0.2) is 40.2 Å². The number of halogens is 1. The van der Waals surface area contributed by atoms with E-state index in [1.54, 1.807) is 0 Å². The topological polar surface area (TPSA) is 63.5 Å². The van der Waals surface area contributed by atoms with Gasteiger partial charge < -0.3 is 4.90 Å². The van der Waals surface area contributed by atoms with E-state index in [1.807, 2.05) is 0 Å². The molecule has 68 valence electrons. The number of carbonyl (C=O) groups is 1. The summed E-state index contributed by atoms with van der Waals surface area (Å²) in [5.41, 5.74) is 0. The lowest BCUT2D eigenvalue weighted by molar-refractivity contribution is -0.537. The molecule has 1 saturated heterocycles. The minimum Gasteiger partial charge on any atom is -0.329 e. The number of hydrogen-bond donors (Lipinski definition) is 0. The quantitative estimate of drug-likeness (QED) is 0.401. The Morgan fingerprint density at radius 3 is 2.67 bits per heavy atom. The molecule has 0 spiro atoms. The third kappa shape index (κ3) is 1.94. The Labute approximate surface area is 78.0 Å². The van der Waals surface area contributed by atoms with Crippen LogP contribution in [0.3, 0.4) is 0 Å². The molecule has 0 aliphatic carbocycles. The summed E-state index contributed by atoms with van der Waals surface area (Å²) < 4.78 is 0. The van der Waals surface area contributed by atoms with Gasteiger partial charge >= 0.3 is 0 Å². The molecule has 0 aromatic rings. The van der Waals surface area contributed by atoms with Crippen LogP contribution in [0.25, 0.3) is 0 Å². The van der Waals surface area contributed by atoms with Gasteiger partial charge in [-0.2, -0.15) is 0 Å². The monoisotopic (exact) mass is 236 g/mol. The normalized spacial score (nSPS) is 17.2. The molecule has 6 heteroatoms. The SMILES string of the molecule is O=C(CCBr)N1CC([N+](=O)[O-])C1. The van der Waals surface area contributed by atoms with E-state index < -0.39 is 6.04 Å². The number of likely N-dealkylation sites (tertiary alicyclic amines) is 1. The Hall–Kier alpha value is -0.650. The summed E-state index contributed by atoms with van der Waals surface area (Å²) in [6, 6.07) is -0.538. The fourth-order valence-electron chi connectivity index (χ4n) is 1.03. The first kappa shape index (κ1) is 9.44. The predicted octanol–water partition coefficient (Wildman–Crippen LogP) is 0.259. The number of nitrogens with zero attached hydrogens (tertiary/aromatic N) is 2. The number of rotatable bonds is 3. The lowest BCUT2D eigenvalue weighted by Crippen LogP contribution is -2.56. The highest BCUT2D eigenvalue weighted by molar-refractivity contribution is 9.09. The van der Waals surface area contributed by atoms with Crippen molar-refractivity contribution >= 4 is 21.8 Å². The molecule has 1 aliphatic heterocycles. The minimum atomic E-state index is -0.538. The zero-order valence-corrected chi connectivity index (χ0v) is 7.99. The second-order valence-electron chi connectivity index (χ2n) is 2.68. The molecule has 0 N–H and O–H groups in total. The van der Waals surface area contributed by atoms with E-state index in [9.17, 15) is 14.9 Å². The highest BCUT2D eigenvalue weighted by Gasteiger charge is 2.38. The van der Waals surface area contributed by atoms with E-state index in [0.29, 0.717) is 11.8 Å². The van der Waals surface area contributed by atoms with Crippen LogP contribution < -0.4 is 0 Å². The number of alkyl halides is 1. The second kappa shape index (κ2) is 3.84. The standard InChI is InChI=1S/C6H9BrN2O3/c7-2-1-6(10)8-3-5(4-8)9(11)12/h5H,1-4H2. The Morgan fingerprint density at radius 1 is 1.67 bits per heavy atom. The molecule has 5 nitrogen and oxygen atoms in total. The van der Waals surface area contributed by atoms with Crippen molar-refractivity contribution in [2.75, 3.05) is 18.4 Å². The van der Waals surface area contributed by atoms with Gasteiger partial charge in [-0.25, -0.2) is 0 Å². The van der Waals surface area contributed by atoms with Crippen molar-refractivity contribution in [3.05, 3.63) is 10.1 Å². The molecule has 1 aliphatic rings. The van der Waals surface area contributed by atoms with Crippen LogP contribution in [0.5, 0.6) is 0 Å². The lowest BCUT2D eigenvalue weighted by atomic mass is 10.1. The lowest BCUT2D eigenvalue weighted by Gasteiger charge is -2.33. The molecule has 1 heterocycles. The summed E-state index contributed by atoms with van der Waals surface area (Å²) in [7, 11) is 0. The Kier molecular flexibility index (Phi) is 3.02. The third-order valence-corrected chi connectivity index (χ3v) is 2.22. The summed E-state index contributed by atoms with van der Waals surface area (Å²) in [5, 5.41) is 10.8. The number of nitro groups is 1. The molecule has 0 radical (unpaired) electrons. The summed E-state index contributed by atoms with van der Waals surface area (Å²) >= 11 is 3.13. The Balaban J connectivity index is 2.25. The largest absolute Gasteiger partial charge is 0.329 e. The van der Waals surface area contributed by atoms with Crippen LogP contribution in [0, 0.1) is 10.1 Å². The summed E-state index contributed by atoms with van der Waals surface area (Å²) in [5.74, 6) is -0.00928. The highest BCUT2D eigenvalue weighted by atomic mass is 79.9. The van der Waals surface area contributed by atoms with Crippen molar-refractivity contribution in [1.82, 2.24) is 4.90 Å². The van der Waals surface area contributed by atoms with Gasteiger partial charge in [0, 0.05) is 16.7 Å². The van der Waals surface area contributed by atoms with E-state index in [-0.39, 0.29) is 23.9 Å². The van der Waals surface area contributed by atoms with Gasteiger partial charge in [0.25, 0.3) is 0 Å². The molecule has 1 rings (SSSR count). The van der Waals surface area contributed by atoms with Crippen LogP contribution >= 0.6 is 15.9 Å². The van der Waals surface area contributed by atoms with Crippen molar-refractivity contribution in [3.8, 4) is 0 Å². The number of hydrogen-bond acceptors (Lipinski definition) is 3. The maximum Gasteiger partial charge on any atom is 0.247 e. The van der Waals surface area contributed by atoms with Gasteiger partial charge in [0.05, 0.1) is 13.1 Å².